The van der Waals surface area contributed by atoms with Crippen molar-refractivity contribution in [2.75, 3.05) is 33.3 Å². The number of pyridine rings is 2. The van der Waals surface area contributed by atoms with Gasteiger partial charge in [0.15, 0.2) is 0 Å². The summed E-state index contributed by atoms with van der Waals surface area (Å²) in [6.07, 6.45) is 3.54. The number of fused-ring (bicyclic) bond motifs is 1. The number of rotatable bonds is 13. The normalized spacial score (nSPS) is 15.6. The predicted octanol–water partition coefficient (Wildman–Crippen LogP) is 6.76. The van der Waals surface area contributed by atoms with E-state index in [0.29, 0.717) is 64.8 Å². The molecule has 3 N–H and O–H groups in total. The van der Waals surface area contributed by atoms with Gasteiger partial charge in [0.25, 0.3) is 0 Å². The van der Waals surface area contributed by atoms with E-state index >= 15 is 0 Å². The lowest BCUT2D eigenvalue weighted by Crippen LogP contribution is -2.41. The second-order valence-electron chi connectivity index (χ2n) is 13.7. The fourth-order valence-electron chi connectivity index (χ4n) is 7.29. The number of methoxy groups -OCH3 is 1. The van der Waals surface area contributed by atoms with Crippen molar-refractivity contribution in [1.29, 1.82) is 0 Å². The van der Waals surface area contributed by atoms with Crippen LogP contribution in [-0.2, 0) is 29.7 Å². The van der Waals surface area contributed by atoms with Crippen molar-refractivity contribution in [2.45, 2.75) is 44.8 Å². The van der Waals surface area contributed by atoms with Gasteiger partial charge in [-0.05, 0) is 42.7 Å². The second-order valence-corrected chi connectivity index (χ2v) is 14.4. The molecule has 12 nitrogen and oxygen atoms in total. The van der Waals surface area contributed by atoms with Crippen LogP contribution in [0, 0.1) is 0 Å². The number of ether oxygens (including phenoxy) is 1. The van der Waals surface area contributed by atoms with Crippen LogP contribution in [0.3, 0.4) is 0 Å². The Morgan fingerprint density at radius 1 is 0.963 bits per heavy atom. The number of benzene rings is 2. The van der Waals surface area contributed by atoms with Crippen LogP contribution in [0.4, 0.5) is 4.79 Å². The van der Waals surface area contributed by atoms with Crippen molar-refractivity contribution in [2.24, 2.45) is 7.05 Å². The summed E-state index contributed by atoms with van der Waals surface area (Å²) in [4.78, 5) is 48.6. The number of aromatic nitrogens is 3. The first-order valence-electron chi connectivity index (χ1n) is 17.9. The Labute approximate surface area is 323 Å². The number of nitrogens with zero attached hydrogens (tertiary/aromatic N) is 5. The summed E-state index contributed by atoms with van der Waals surface area (Å²) >= 11 is 14.3. The molecule has 2 aliphatic heterocycles. The zero-order valence-corrected chi connectivity index (χ0v) is 31.6. The van der Waals surface area contributed by atoms with Crippen molar-refractivity contribution >= 4 is 52.1 Å². The minimum Gasteiger partial charge on any atom is -0.481 e. The fraction of sp³-hybridized carbons (Fsp3) is 0.325. The quantitative estimate of drug-likeness (QED) is 0.112. The first kappa shape index (κ1) is 37.2. The Kier molecular flexibility index (Phi) is 11.0. The predicted molar refractivity (Wildman–Crippen MR) is 209 cm³/mol. The van der Waals surface area contributed by atoms with Gasteiger partial charge in [-0.1, -0.05) is 59.6 Å². The molecular weight excluding hydrogens is 729 g/mol. The zero-order valence-electron chi connectivity index (χ0n) is 30.1. The van der Waals surface area contributed by atoms with Gasteiger partial charge in [0.1, 0.15) is 5.65 Å². The molecule has 0 unspecified atom stereocenters. The highest BCUT2D eigenvalue weighted by molar-refractivity contribution is 6.39. The maximum absolute atomic E-state index is 12.1. The minimum atomic E-state index is -1.10. The number of carbonyl (C=O) groups excluding carboxylic acids is 2. The van der Waals surface area contributed by atoms with Gasteiger partial charge in [0, 0.05) is 98.1 Å². The van der Waals surface area contributed by atoms with E-state index in [1.54, 1.807) is 12.1 Å². The number of carbonyl (C=O) groups is 3. The maximum Gasteiger partial charge on any atom is 0.407 e. The van der Waals surface area contributed by atoms with E-state index in [4.69, 9.17) is 37.9 Å². The number of aryl methyl sites for hydroxylation is 1. The van der Waals surface area contributed by atoms with Crippen LogP contribution >= 0.6 is 23.2 Å². The molecule has 2 aliphatic rings. The van der Waals surface area contributed by atoms with Crippen LogP contribution in [0.5, 0.6) is 5.88 Å². The van der Waals surface area contributed by atoms with Gasteiger partial charge in [-0.2, -0.15) is 0 Å². The van der Waals surface area contributed by atoms with Gasteiger partial charge < -0.3 is 34.8 Å². The Balaban J connectivity index is 1.11. The van der Waals surface area contributed by atoms with Gasteiger partial charge in [0.2, 0.25) is 17.7 Å². The van der Waals surface area contributed by atoms with Crippen molar-refractivity contribution in [3.63, 3.8) is 0 Å². The average Bonchev–Trinajstić information content (AvgIpc) is 3.87. The summed E-state index contributed by atoms with van der Waals surface area (Å²) < 4.78 is 7.62. The lowest BCUT2D eigenvalue weighted by Gasteiger charge is -2.23. The molecule has 0 bridgehead atoms. The van der Waals surface area contributed by atoms with E-state index in [0.717, 1.165) is 52.9 Å². The Morgan fingerprint density at radius 3 is 2.28 bits per heavy atom. The monoisotopic (exact) mass is 769 g/mol. The molecule has 2 aromatic carbocycles. The molecule has 0 radical (unpaired) electrons. The third kappa shape index (κ3) is 7.73. The number of hydrogen-bond acceptors (Lipinski definition) is 7. The molecule has 3 amide bonds. The van der Waals surface area contributed by atoms with E-state index in [-0.39, 0.29) is 36.8 Å². The van der Waals surface area contributed by atoms with E-state index < -0.39 is 6.09 Å². The lowest BCUT2D eigenvalue weighted by atomic mass is 9.98. The maximum atomic E-state index is 12.1. The van der Waals surface area contributed by atoms with Gasteiger partial charge in [-0.15, -0.1) is 0 Å². The fourth-order valence-corrected chi connectivity index (χ4v) is 7.94. The number of likely N-dealkylation sites (tertiary alicyclic amines) is 1. The highest BCUT2D eigenvalue weighted by Gasteiger charge is 2.27. The number of halogens is 2. The molecule has 0 spiro atoms. The zero-order chi connectivity index (χ0) is 37.9. The largest absolute Gasteiger partial charge is 0.481 e. The molecule has 0 aliphatic carbocycles. The summed E-state index contributed by atoms with van der Waals surface area (Å²) in [5.41, 5.74) is 6.67. The number of nitrogens with one attached hydrogen (secondary N) is 2. The first-order chi connectivity index (χ1) is 26.1. The molecule has 2 fully saturated rings. The van der Waals surface area contributed by atoms with Crippen LogP contribution < -0.4 is 15.4 Å². The summed E-state index contributed by atoms with van der Waals surface area (Å²) in [6, 6.07) is 18.8. The Morgan fingerprint density at radius 2 is 1.65 bits per heavy atom. The van der Waals surface area contributed by atoms with Crippen LogP contribution in [0.1, 0.15) is 36.8 Å². The SMILES string of the molecule is COc1nc(-c2cccc(-c3cccc(-c4ccc5c(CNCCN6CCCC6=O)cn(C)c5n4)c3Cl)c2Cl)ccc1CN(C[C@@H]1CCC(=O)N1)C(=O)O. The molecule has 280 valence electrons. The van der Waals surface area contributed by atoms with Gasteiger partial charge in [-0.3, -0.25) is 9.59 Å². The minimum absolute atomic E-state index is 0.0388. The summed E-state index contributed by atoms with van der Waals surface area (Å²) in [7, 11) is 3.46. The molecule has 14 heteroatoms. The molecule has 2 saturated heterocycles. The van der Waals surface area contributed by atoms with Gasteiger partial charge in [-0.25, -0.2) is 14.8 Å². The molecule has 5 heterocycles. The van der Waals surface area contributed by atoms with Crippen molar-refractivity contribution in [1.82, 2.24) is 35.0 Å². The Hall–Kier alpha value is -5.17. The Bertz CT molecular complexity index is 2240. The third-order valence-electron chi connectivity index (χ3n) is 10.1. The topological polar surface area (TPSA) is 142 Å². The van der Waals surface area contributed by atoms with E-state index in [2.05, 4.69) is 22.9 Å². The average molecular weight is 771 g/mol. The van der Waals surface area contributed by atoms with Gasteiger partial charge >= 0.3 is 6.09 Å². The van der Waals surface area contributed by atoms with E-state index in [1.807, 2.05) is 59.0 Å². The van der Waals surface area contributed by atoms with Crippen LogP contribution in [0.2, 0.25) is 10.0 Å². The van der Waals surface area contributed by atoms with Crippen molar-refractivity contribution < 1.29 is 24.2 Å². The second kappa shape index (κ2) is 16.1. The van der Waals surface area contributed by atoms with E-state index in [9.17, 15) is 19.5 Å². The van der Waals surface area contributed by atoms with Crippen LogP contribution in [0.15, 0.2) is 66.9 Å². The van der Waals surface area contributed by atoms with Crippen molar-refractivity contribution in [3.05, 3.63) is 88.0 Å². The number of carboxylic acid groups (broad SMARTS) is 1. The standard InChI is InChI=1S/C40H41Cl2N7O5/c1-47-21-25(20-43-17-19-48-18-5-10-35(48)51)27-13-15-32(45-38(27)47)30-8-3-6-28(36(30)41)29-7-4-9-31(37(29)42)33-14-11-24(39(46-33)54-2)22-49(40(52)53)23-26-12-16-34(50)44-26/h3-4,6-9,11,13-15,21,26,43H,5,10,12,16-20,22-23H2,1-2H3,(H,44,50)(H,52,53)/t26-/m0/s1. The van der Waals surface area contributed by atoms with Gasteiger partial charge in [0.05, 0.1) is 35.1 Å². The van der Waals surface area contributed by atoms with Crippen LogP contribution in [-0.4, -0.2) is 86.7 Å². The van der Waals surface area contributed by atoms with E-state index in [1.165, 1.54) is 12.0 Å². The number of hydrogen-bond donors (Lipinski definition) is 3. The third-order valence-corrected chi connectivity index (χ3v) is 10.9. The summed E-state index contributed by atoms with van der Waals surface area (Å²) in [6.45, 7) is 3.14. The molecule has 1 atom stereocenters. The molecule has 7 rings (SSSR count). The molecule has 5 aromatic rings. The van der Waals surface area contributed by atoms with Crippen LogP contribution in [0.25, 0.3) is 44.7 Å². The lowest BCUT2D eigenvalue weighted by molar-refractivity contribution is -0.127. The van der Waals surface area contributed by atoms with Crippen molar-refractivity contribution in [3.8, 4) is 39.5 Å². The molecular formula is C40H41Cl2N7O5. The summed E-state index contributed by atoms with van der Waals surface area (Å²) in [5.74, 6) is 0.432. The highest BCUT2D eigenvalue weighted by atomic mass is 35.5. The first-order valence-corrected chi connectivity index (χ1v) is 18.7. The molecule has 0 saturated carbocycles. The smallest absolute Gasteiger partial charge is 0.407 e. The highest BCUT2D eigenvalue weighted by Crippen LogP contribution is 2.42. The number of amides is 3. The summed E-state index contributed by atoms with van der Waals surface area (Å²) in [5, 5.41) is 18.2. The molecule has 3 aromatic heterocycles. The molecule has 54 heavy (non-hydrogen) atoms.